The highest BCUT2D eigenvalue weighted by atomic mass is 16.2. The molecule has 1 aliphatic heterocycles. The summed E-state index contributed by atoms with van der Waals surface area (Å²) in [6.07, 6.45) is 5.00. The molecule has 1 aromatic carbocycles. The van der Waals surface area contributed by atoms with E-state index in [0.29, 0.717) is 12.0 Å². The standard InChI is InChI=1S/C17H20N4O/c1-12-6-5-9-14-18-16(20-21(12)14)19-15(22)17(10-11-17)13-7-3-2-4-8-13/h2-4,7-8,12H,5-6,9-11H2,1H3,(H,19,20,22). The second-order valence-electron chi connectivity index (χ2n) is 6.44. The number of carbonyl (C=O) groups excluding carboxylic acids is 1. The first-order valence-corrected chi connectivity index (χ1v) is 8.01. The fraction of sp³-hybridized carbons (Fsp3) is 0.471. The predicted molar refractivity (Wildman–Crippen MR) is 83.7 cm³/mol. The summed E-state index contributed by atoms with van der Waals surface area (Å²) in [4.78, 5) is 17.2. The van der Waals surface area contributed by atoms with Crippen LogP contribution >= 0.6 is 0 Å². The largest absolute Gasteiger partial charge is 0.292 e. The Balaban J connectivity index is 1.56. The van der Waals surface area contributed by atoms with Gasteiger partial charge in [0.2, 0.25) is 11.9 Å². The topological polar surface area (TPSA) is 59.8 Å². The maximum Gasteiger partial charge on any atom is 0.249 e. The van der Waals surface area contributed by atoms with Crippen molar-refractivity contribution < 1.29 is 4.79 Å². The van der Waals surface area contributed by atoms with Gasteiger partial charge in [-0.05, 0) is 38.2 Å². The average Bonchev–Trinajstić information content (AvgIpc) is 3.24. The molecule has 1 saturated carbocycles. The number of nitrogens with zero attached hydrogens (tertiary/aromatic N) is 3. The normalized spacial score (nSPS) is 22.0. The van der Waals surface area contributed by atoms with Crippen molar-refractivity contribution in [3.63, 3.8) is 0 Å². The predicted octanol–water partition coefficient (Wildman–Crippen LogP) is 2.85. The first-order chi connectivity index (χ1) is 10.7. The summed E-state index contributed by atoms with van der Waals surface area (Å²) in [6.45, 7) is 2.15. The summed E-state index contributed by atoms with van der Waals surface area (Å²) in [6, 6.07) is 10.4. The lowest BCUT2D eigenvalue weighted by molar-refractivity contribution is -0.118. The molecule has 0 bridgehead atoms. The Labute approximate surface area is 129 Å². The van der Waals surface area contributed by atoms with Crippen molar-refractivity contribution in [3.05, 3.63) is 41.7 Å². The van der Waals surface area contributed by atoms with Gasteiger partial charge in [-0.2, -0.15) is 4.98 Å². The van der Waals surface area contributed by atoms with Crippen LogP contribution in [0.2, 0.25) is 0 Å². The van der Waals surface area contributed by atoms with Crippen LogP contribution in [0.1, 0.15) is 50.0 Å². The molecule has 2 aliphatic rings. The zero-order valence-corrected chi connectivity index (χ0v) is 12.7. The van der Waals surface area contributed by atoms with Gasteiger partial charge in [0.1, 0.15) is 5.82 Å². The van der Waals surface area contributed by atoms with Crippen LogP contribution in [-0.2, 0) is 16.6 Å². The van der Waals surface area contributed by atoms with Gasteiger partial charge in [-0.3, -0.25) is 10.1 Å². The van der Waals surface area contributed by atoms with E-state index in [1.54, 1.807) is 0 Å². The molecule has 1 aliphatic carbocycles. The highest BCUT2D eigenvalue weighted by Gasteiger charge is 2.51. The molecule has 1 atom stereocenters. The van der Waals surface area contributed by atoms with Crippen LogP contribution in [0, 0.1) is 0 Å². The van der Waals surface area contributed by atoms with Gasteiger partial charge >= 0.3 is 0 Å². The van der Waals surface area contributed by atoms with E-state index in [1.165, 1.54) is 0 Å². The number of aromatic nitrogens is 3. The van der Waals surface area contributed by atoms with Crippen LogP contribution in [0.3, 0.4) is 0 Å². The number of fused-ring (bicyclic) bond motifs is 1. The second-order valence-corrected chi connectivity index (χ2v) is 6.44. The number of carbonyl (C=O) groups is 1. The molecule has 1 amide bonds. The molecule has 1 aromatic heterocycles. The molecule has 0 saturated heterocycles. The first kappa shape index (κ1) is 13.5. The van der Waals surface area contributed by atoms with Gasteiger partial charge in [-0.15, -0.1) is 5.10 Å². The van der Waals surface area contributed by atoms with E-state index in [1.807, 2.05) is 35.0 Å². The van der Waals surface area contributed by atoms with Gasteiger partial charge in [-0.25, -0.2) is 4.68 Å². The fourth-order valence-corrected chi connectivity index (χ4v) is 3.36. The number of amides is 1. The molecule has 1 fully saturated rings. The molecule has 2 aromatic rings. The van der Waals surface area contributed by atoms with Crippen LogP contribution in [0.25, 0.3) is 0 Å². The SMILES string of the molecule is CC1CCCc2nc(NC(=O)C3(c4ccccc4)CC3)nn21. The number of hydrogen-bond donors (Lipinski definition) is 1. The molecule has 5 heteroatoms. The number of aryl methyl sites for hydroxylation is 1. The lowest BCUT2D eigenvalue weighted by atomic mass is 9.95. The molecule has 0 radical (unpaired) electrons. The Morgan fingerprint density at radius 1 is 1.32 bits per heavy atom. The van der Waals surface area contributed by atoms with Crippen LogP contribution in [0.4, 0.5) is 5.95 Å². The van der Waals surface area contributed by atoms with Gasteiger partial charge in [0.05, 0.1) is 11.5 Å². The number of anilines is 1. The molecule has 0 spiro atoms. The summed E-state index contributed by atoms with van der Waals surface area (Å²) < 4.78 is 1.96. The first-order valence-electron chi connectivity index (χ1n) is 8.01. The number of rotatable bonds is 3. The van der Waals surface area contributed by atoms with E-state index in [2.05, 4.69) is 22.3 Å². The monoisotopic (exact) mass is 296 g/mol. The molecule has 22 heavy (non-hydrogen) atoms. The van der Waals surface area contributed by atoms with Crippen molar-refractivity contribution in [3.8, 4) is 0 Å². The van der Waals surface area contributed by atoms with Crippen LogP contribution in [-0.4, -0.2) is 20.7 Å². The summed E-state index contributed by atoms with van der Waals surface area (Å²) in [7, 11) is 0. The van der Waals surface area contributed by atoms with E-state index < -0.39 is 0 Å². The molecule has 1 N–H and O–H groups in total. The highest BCUT2D eigenvalue weighted by Crippen LogP contribution is 2.48. The molecule has 114 valence electrons. The minimum Gasteiger partial charge on any atom is -0.292 e. The lowest BCUT2D eigenvalue weighted by Gasteiger charge is -2.18. The van der Waals surface area contributed by atoms with Crippen LogP contribution < -0.4 is 5.32 Å². The zero-order chi connectivity index (χ0) is 15.2. The molecular formula is C17H20N4O. The van der Waals surface area contributed by atoms with E-state index in [4.69, 9.17) is 0 Å². The van der Waals surface area contributed by atoms with Gasteiger partial charge in [0, 0.05) is 6.42 Å². The smallest absolute Gasteiger partial charge is 0.249 e. The van der Waals surface area contributed by atoms with Crippen molar-refractivity contribution in [1.82, 2.24) is 14.8 Å². The molecule has 1 unspecified atom stereocenters. The Bertz CT molecular complexity index is 703. The third-order valence-electron chi connectivity index (χ3n) is 4.88. The molecule has 5 nitrogen and oxygen atoms in total. The summed E-state index contributed by atoms with van der Waals surface area (Å²) >= 11 is 0. The minimum atomic E-state index is -0.376. The molecule has 2 heterocycles. The summed E-state index contributed by atoms with van der Waals surface area (Å²) in [5.74, 6) is 1.46. The van der Waals surface area contributed by atoms with Crippen LogP contribution in [0.15, 0.2) is 30.3 Å². The van der Waals surface area contributed by atoms with Crippen LogP contribution in [0.5, 0.6) is 0 Å². The Hall–Kier alpha value is -2.17. The number of nitrogens with one attached hydrogen (secondary N) is 1. The quantitative estimate of drug-likeness (QED) is 0.947. The number of benzene rings is 1. The lowest BCUT2D eigenvalue weighted by Crippen LogP contribution is -2.28. The van der Waals surface area contributed by atoms with E-state index in [0.717, 1.165) is 43.5 Å². The third-order valence-corrected chi connectivity index (χ3v) is 4.88. The molecule has 4 rings (SSSR count). The fourth-order valence-electron chi connectivity index (χ4n) is 3.36. The Morgan fingerprint density at radius 3 is 2.77 bits per heavy atom. The second kappa shape index (κ2) is 4.93. The van der Waals surface area contributed by atoms with Gasteiger partial charge < -0.3 is 0 Å². The van der Waals surface area contributed by atoms with Crippen molar-refractivity contribution >= 4 is 11.9 Å². The van der Waals surface area contributed by atoms with E-state index >= 15 is 0 Å². The maximum absolute atomic E-state index is 12.7. The Morgan fingerprint density at radius 2 is 2.09 bits per heavy atom. The Kier molecular flexibility index (Phi) is 3.03. The van der Waals surface area contributed by atoms with Gasteiger partial charge in [0.15, 0.2) is 0 Å². The zero-order valence-electron chi connectivity index (χ0n) is 12.7. The minimum absolute atomic E-state index is 0.0225. The van der Waals surface area contributed by atoms with Crippen molar-refractivity contribution in [2.24, 2.45) is 0 Å². The maximum atomic E-state index is 12.7. The highest BCUT2D eigenvalue weighted by molar-refractivity contribution is 6.00. The summed E-state index contributed by atoms with van der Waals surface area (Å²) in [5.41, 5.74) is 0.712. The third kappa shape index (κ3) is 2.12. The van der Waals surface area contributed by atoms with Crippen molar-refractivity contribution in [2.45, 2.75) is 50.5 Å². The molecular weight excluding hydrogens is 276 g/mol. The van der Waals surface area contributed by atoms with E-state index in [9.17, 15) is 4.79 Å². The van der Waals surface area contributed by atoms with E-state index in [-0.39, 0.29) is 11.3 Å². The summed E-state index contributed by atoms with van der Waals surface area (Å²) in [5, 5.41) is 7.42. The van der Waals surface area contributed by atoms with Crippen molar-refractivity contribution in [2.75, 3.05) is 5.32 Å². The van der Waals surface area contributed by atoms with Crippen molar-refractivity contribution in [1.29, 1.82) is 0 Å². The van der Waals surface area contributed by atoms with Gasteiger partial charge in [0.25, 0.3) is 0 Å². The van der Waals surface area contributed by atoms with Gasteiger partial charge in [-0.1, -0.05) is 30.3 Å². The number of hydrogen-bond acceptors (Lipinski definition) is 3. The average molecular weight is 296 g/mol.